The second-order valence-corrected chi connectivity index (χ2v) is 26.9. The van der Waals surface area contributed by atoms with Crippen molar-refractivity contribution < 1.29 is 42.1 Å². The van der Waals surface area contributed by atoms with Crippen LogP contribution in [0.1, 0.15) is 115 Å². The van der Waals surface area contributed by atoms with Gasteiger partial charge in [0.25, 0.3) is 33.4 Å². The zero-order valence-corrected chi connectivity index (χ0v) is 50.5. The number of halogens is 1. The van der Waals surface area contributed by atoms with Gasteiger partial charge >= 0.3 is 0 Å². The van der Waals surface area contributed by atoms with Crippen molar-refractivity contribution in [2.75, 3.05) is 74.9 Å². The number of nitro benzene ring substituents is 1. The van der Waals surface area contributed by atoms with E-state index in [1.54, 1.807) is 36.5 Å². The minimum absolute atomic E-state index is 0.0593. The molecule has 0 bridgehead atoms. The number of thioether (sulfide) groups is 1. The number of ether oxygens (including phenoxy) is 1. The summed E-state index contributed by atoms with van der Waals surface area (Å²) in [6, 6.07) is 24.5. The molecule has 1 unspecified atom stereocenters. The number of unbranched alkanes of at least 4 members (excludes halogenated alkanes) is 2. The average Bonchev–Trinajstić information content (AvgIpc) is 2.05. The molecule has 0 spiro atoms. The van der Waals surface area contributed by atoms with Crippen LogP contribution in [0.25, 0.3) is 16.6 Å². The number of likely N-dealkylation sites (tertiary alicyclic amines) is 1. The molecule has 11 rings (SSSR count). The van der Waals surface area contributed by atoms with Crippen LogP contribution in [0.2, 0.25) is 5.02 Å². The maximum atomic E-state index is 14.2. The molecule has 2 aromatic heterocycles. The summed E-state index contributed by atoms with van der Waals surface area (Å²) in [5.41, 5.74) is 5.95. The number of nitrogens with zero attached hydrogens (tertiary/aromatic N) is 6. The molecule has 3 saturated heterocycles. The van der Waals surface area contributed by atoms with E-state index in [-0.39, 0.29) is 46.7 Å². The summed E-state index contributed by atoms with van der Waals surface area (Å²) in [6.07, 6.45) is 11.1. The van der Waals surface area contributed by atoms with Gasteiger partial charge in [-0.05, 0) is 160 Å². The van der Waals surface area contributed by atoms with Gasteiger partial charge in [-0.15, -0.1) is 11.8 Å². The number of anilines is 2. The molecule has 6 heterocycles. The number of rotatable bonds is 21. The van der Waals surface area contributed by atoms with Crippen molar-refractivity contribution in [2.24, 2.45) is 11.3 Å². The second-order valence-electron chi connectivity index (χ2n) is 23.6. The van der Waals surface area contributed by atoms with Crippen molar-refractivity contribution in [3.05, 3.63) is 146 Å². The Kier molecular flexibility index (Phi) is 18.0. The molecule has 1 atom stereocenters. The maximum Gasteiger partial charge on any atom is 0.293 e. The Bertz CT molecular complexity index is 3760. The van der Waals surface area contributed by atoms with Gasteiger partial charge in [0.05, 0.1) is 32.7 Å². The summed E-state index contributed by atoms with van der Waals surface area (Å²) < 4.78 is 36.5. The highest BCUT2D eigenvalue weighted by Gasteiger charge is 2.46. The Morgan fingerprint density at radius 1 is 0.884 bits per heavy atom. The van der Waals surface area contributed by atoms with E-state index < -0.39 is 61.1 Å². The number of hydrogen-bond acceptors (Lipinski definition) is 16. The molecule has 23 heteroatoms. The number of nitrogens with one attached hydrogen (secondary N) is 4. The van der Waals surface area contributed by atoms with Crippen molar-refractivity contribution >= 4 is 96.6 Å². The molecule has 6 aromatic rings. The number of amides is 5. The number of carbonyl (C=O) groups is 5. The van der Waals surface area contributed by atoms with E-state index in [2.05, 4.69) is 66.0 Å². The Morgan fingerprint density at radius 3 is 2.44 bits per heavy atom. The molecular weight excluding hydrogens is 1160 g/mol. The second kappa shape index (κ2) is 25.8. The Morgan fingerprint density at radius 2 is 1.67 bits per heavy atom. The highest BCUT2D eigenvalue weighted by molar-refractivity contribution is 7.99. The van der Waals surface area contributed by atoms with Crippen molar-refractivity contribution in [2.45, 2.75) is 93.9 Å². The summed E-state index contributed by atoms with van der Waals surface area (Å²) in [5, 5.41) is 19.4. The molecule has 3 fully saturated rings. The molecule has 20 nitrogen and oxygen atoms in total. The third-order valence-electron chi connectivity index (χ3n) is 17.1. The number of carbonyl (C=O) groups excluding carboxylic acids is 5. The van der Waals surface area contributed by atoms with Gasteiger partial charge in [-0.1, -0.05) is 55.6 Å². The first kappa shape index (κ1) is 60.1. The summed E-state index contributed by atoms with van der Waals surface area (Å²) in [5.74, 6) is -1.67. The molecule has 0 saturated carbocycles. The molecule has 4 aromatic carbocycles. The highest BCUT2D eigenvalue weighted by Crippen LogP contribution is 2.44. The molecule has 450 valence electrons. The molecule has 1 aliphatic carbocycles. The van der Waals surface area contributed by atoms with Gasteiger partial charge in [-0.3, -0.25) is 49.2 Å². The van der Waals surface area contributed by atoms with E-state index in [9.17, 15) is 42.5 Å². The number of piperidine rings is 2. The summed E-state index contributed by atoms with van der Waals surface area (Å²) in [6.45, 7) is 11.6. The van der Waals surface area contributed by atoms with Crippen LogP contribution in [0.5, 0.6) is 11.5 Å². The number of imide groups is 2. The van der Waals surface area contributed by atoms with Crippen LogP contribution in [-0.2, 0) is 19.6 Å². The Labute approximate surface area is 508 Å². The predicted molar refractivity (Wildman–Crippen MR) is 330 cm³/mol. The lowest BCUT2D eigenvalue weighted by molar-refractivity contribution is -0.384. The fraction of sp³-hybridized carbons (Fsp3) is 0.397. The van der Waals surface area contributed by atoms with Gasteiger partial charge in [0.1, 0.15) is 28.9 Å². The van der Waals surface area contributed by atoms with Gasteiger partial charge in [0.15, 0.2) is 0 Å². The molecule has 5 aliphatic rings. The van der Waals surface area contributed by atoms with E-state index in [0.717, 1.165) is 118 Å². The first-order chi connectivity index (χ1) is 41.4. The van der Waals surface area contributed by atoms with Crippen molar-refractivity contribution in [1.82, 2.24) is 34.7 Å². The van der Waals surface area contributed by atoms with Gasteiger partial charge in [0, 0.05) is 85.0 Å². The number of nitro groups is 1. The van der Waals surface area contributed by atoms with Crippen molar-refractivity contribution in [1.29, 1.82) is 0 Å². The van der Waals surface area contributed by atoms with Gasteiger partial charge < -0.3 is 24.8 Å². The predicted octanol–water partition coefficient (Wildman–Crippen LogP) is 10.3. The van der Waals surface area contributed by atoms with Crippen LogP contribution in [0.3, 0.4) is 0 Å². The zero-order valence-electron chi connectivity index (χ0n) is 48.1. The SMILES string of the molecule is CC1(C)CCC(CN2CCN(c3ccc(C(=O)NS(=O)(=O)c4ccc(NCC5CCN(CCCCCSc6cccc7c6C(=O)N(C6CCC(=O)NC6=O)C7=O)CC5)c([N+](=O)[O-])c4)c(Oc4cnc5[nH]ccc5c4)c3)CC2)=C(c2ccc(Cl)cc2)C1. The number of hydrogen-bond donors (Lipinski definition) is 4. The van der Waals surface area contributed by atoms with E-state index in [1.165, 1.54) is 52.9 Å². The monoisotopic (exact) mass is 1220 g/mol. The summed E-state index contributed by atoms with van der Waals surface area (Å²) in [4.78, 5) is 92.8. The zero-order chi connectivity index (χ0) is 60.3. The number of aromatic amines is 1. The standard InChI is InChI=1S/C63H69ClN10O10S2/c1-63(2)23-19-43(50(36-63)41-9-11-44(64)12-10-41)39-71-28-30-72(31-29-71)45-13-15-48(54(34-45)84-46-33-42-20-24-65-58(42)67-38-46)59(76)69-86(82,83)47-14-16-51(53(35-47)74(80)81)66-37-40-21-26-70(27-22-40)25-4-3-5-32-85-55-8-6-7-49-57(55)62(79)73(61(49)78)52-17-18-56(75)68-60(52)77/h6-16,20,24,33-35,38,40,52,66H,3-5,17-19,21-23,25-32,36-37,39H2,1-2H3,(H,65,67)(H,69,76)(H,68,75,77). The lowest BCUT2D eigenvalue weighted by Gasteiger charge is -2.39. The van der Waals surface area contributed by atoms with E-state index in [4.69, 9.17) is 16.3 Å². The average molecular weight is 1230 g/mol. The van der Waals surface area contributed by atoms with E-state index in [1.807, 2.05) is 24.3 Å². The molecular formula is C63H69ClN10O10S2. The van der Waals surface area contributed by atoms with Crippen LogP contribution in [0.15, 0.2) is 119 Å². The first-order valence-electron chi connectivity index (χ1n) is 29.3. The minimum Gasteiger partial charge on any atom is -0.455 e. The Balaban J connectivity index is 0.670. The maximum absolute atomic E-state index is 14.2. The first-order valence-corrected chi connectivity index (χ1v) is 32.2. The molecule has 5 amide bonds. The normalized spacial score (nSPS) is 18.8. The molecule has 4 aliphatic heterocycles. The highest BCUT2D eigenvalue weighted by atomic mass is 35.5. The summed E-state index contributed by atoms with van der Waals surface area (Å²) >= 11 is 7.78. The van der Waals surface area contributed by atoms with Crippen LogP contribution >= 0.6 is 23.4 Å². The number of sulfonamides is 1. The van der Waals surface area contributed by atoms with E-state index >= 15 is 0 Å². The van der Waals surface area contributed by atoms with Crippen molar-refractivity contribution in [3.8, 4) is 11.5 Å². The number of fused-ring (bicyclic) bond motifs is 2. The van der Waals surface area contributed by atoms with Crippen LogP contribution in [0, 0.1) is 21.4 Å². The summed E-state index contributed by atoms with van der Waals surface area (Å²) in [7, 11) is -4.63. The third-order valence-corrected chi connectivity index (χ3v) is 19.9. The third kappa shape index (κ3) is 13.6. The van der Waals surface area contributed by atoms with Crippen LogP contribution < -0.4 is 25.0 Å². The van der Waals surface area contributed by atoms with Crippen LogP contribution in [-0.4, -0.2) is 138 Å². The smallest absolute Gasteiger partial charge is 0.293 e. The number of H-pyrrole nitrogens is 1. The fourth-order valence-corrected chi connectivity index (χ4v) is 14.5. The number of pyridine rings is 1. The molecule has 86 heavy (non-hydrogen) atoms. The van der Waals surface area contributed by atoms with Gasteiger partial charge in [-0.2, -0.15) is 0 Å². The van der Waals surface area contributed by atoms with Crippen LogP contribution in [0.4, 0.5) is 17.1 Å². The lowest BCUT2D eigenvalue weighted by Crippen LogP contribution is -2.54. The number of piperazine rings is 1. The number of allylic oxidation sites excluding steroid dienone is 1. The van der Waals surface area contributed by atoms with Crippen molar-refractivity contribution in [3.63, 3.8) is 0 Å². The fourth-order valence-electron chi connectivity index (χ4n) is 12.3. The number of benzene rings is 4. The van der Waals surface area contributed by atoms with Gasteiger partial charge in [-0.25, -0.2) is 18.1 Å². The topological polar surface area (TPSA) is 250 Å². The number of aromatic nitrogens is 2. The largest absolute Gasteiger partial charge is 0.455 e. The lowest BCUT2D eigenvalue weighted by atomic mass is 9.72. The van der Waals surface area contributed by atoms with Gasteiger partial charge in [0.2, 0.25) is 11.8 Å². The minimum atomic E-state index is -4.63. The molecule has 4 N–H and O–H groups in total. The van der Waals surface area contributed by atoms with E-state index in [0.29, 0.717) is 46.5 Å². The quantitative estimate of drug-likeness (QED) is 0.0172. The Hall–Kier alpha value is -7.63. The molecule has 0 radical (unpaired) electrons.